The van der Waals surface area contributed by atoms with Crippen molar-refractivity contribution in [2.75, 3.05) is 77.3 Å². The van der Waals surface area contributed by atoms with Gasteiger partial charge in [-0.25, -0.2) is 19.9 Å². The summed E-state index contributed by atoms with van der Waals surface area (Å²) in [5.41, 5.74) is 16.6. The van der Waals surface area contributed by atoms with Crippen molar-refractivity contribution in [3.05, 3.63) is 120 Å². The Balaban J connectivity index is 0.000000228. The van der Waals surface area contributed by atoms with Gasteiger partial charge >= 0.3 is 0 Å². The van der Waals surface area contributed by atoms with E-state index in [1.807, 2.05) is 24.3 Å². The van der Waals surface area contributed by atoms with Gasteiger partial charge in [0.15, 0.2) is 34.6 Å². The molecular weight excluding hydrogens is 765 g/mol. The zero-order valence-electron chi connectivity index (χ0n) is 34.7. The zero-order valence-corrected chi connectivity index (χ0v) is 34.7. The van der Waals surface area contributed by atoms with Crippen LogP contribution in [0.3, 0.4) is 0 Å². The molecule has 0 fully saturated rings. The highest BCUT2D eigenvalue weighted by Gasteiger charge is 2.18. The van der Waals surface area contributed by atoms with Gasteiger partial charge in [-0.05, 0) is 77.7 Å². The lowest BCUT2D eigenvalue weighted by molar-refractivity contribution is 0.103. The first-order valence-electron chi connectivity index (χ1n) is 18.9. The SMILES string of the molecule is COCCNc1ccc(C(=O)c2cc(-c3ccc(OC)c(OC)c3)cnc2N)cn1.COc1ccc(-c2cnc(N)c(C(=O)c3ccc(NCC(C)C)nc3)c2)cc1OC. The van der Waals surface area contributed by atoms with Crippen LogP contribution in [0.2, 0.25) is 0 Å². The van der Waals surface area contributed by atoms with E-state index in [4.69, 9.17) is 35.2 Å². The quantitative estimate of drug-likeness (QED) is 0.0536. The van der Waals surface area contributed by atoms with E-state index < -0.39 is 0 Å². The van der Waals surface area contributed by atoms with Crippen LogP contribution in [0.15, 0.2) is 97.6 Å². The molecule has 6 rings (SSSR count). The minimum absolute atomic E-state index is 0.159. The molecule has 6 aromatic rings. The Hall–Kier alpha value is -7.26. The second-order valence-electron chi connectivity index (χ2n) is 13.7. The first kappa shape index (κ1) is 43.9. The summed E-state index contributed by atoms with van der Waals surface area (Å²) < 4.78 is 26.3. The molecule has 0 radical (unpaired) electrons. The van der Waals surface area contributed by atoms with Crippen molar-refractivity contribution in [3.63, 3.8) is 0 Å². The third-order valence-electron chi connectivity index (χ3n) is 9.12. The number of nitrogen functional groups attached to an aromatic ring is 2. The third kappa shape index (κ3) is 11.0. The zero-order chi connectivity index (χ0) is 43.2. The highest BCUT2D eigenvalue weighted by atomic mass is 16.5. The lowest BCUT2D eigenvalue weighted by Crippen LogP contribution is -2.11. The second kappa shape index (κ2) is 20.9. The van der Waals surface area contributed by atoms with Crippen LogP contribution in [-0.4, -0.2) is 86.7 Å². The fourth-order valence-corrected chi connectivity index (χ4v) is 5.83. The Morgan fingerprint density at radius 2 is 1.00 bits per heavy atom. The van der Waals surface area contributed by atoms with Crippen molar-refractivity contribution in [1.29, 1.82) is 0 Å². The van der Waals surface area contributed by atoms with E-state index in [1.165, 1.54) is 6.20 Å². The van der Waals surface area contributed by atoms with Gasteiger partial charge in [0, 0.05) is 67.2 Å². The summed E-state index contributed by atoms with van der Waals surface area (Å²) in [6, 6.07) is 21.4. The Labute approximate surface area is 349 Å². The molecule has 0 saturated carbocycles. The van der Waals surface area contributed by atoms with Crippen molar-refractivity contribution >= 4 is 34.8 Å². The molecule has 6 N–H and O–H groups in total. The predicted molar refractivity (Wildman–Crippen MR) is 233 cm³/mol. The first-order chi connectivity index (χ1) is 29.0. The molecule has 0 spiro atoms. The van der Waals surface area contributed by atoms with Crippen molar-refractivity contribution in [2.45, 2.75) is 13.8 Å². The van der Waals surface area contributed by atoms with Crippen LogP contribution in [0, 0.1) is 5.92 Å². The first-order valence-corrected chi connectivity index (χ1v) is 18.9. The molecule has 312 valence electrons. The molecule has 0 amide bonds. The smallest absolute Gasteiger partial charge is 0.198 e. The normalized spacial score (nSPS) is 10.6. The number of carbonyl (C=O) groups is 2. The van der Waals surface area contributed by atoms with Gasteiger partial charge in [-0.15, -0.1) is 0 Å². The average Bonchev–Trinajstić information content (AvgIpc) is 3.28. The Bertz CT molecular complexity index is 2390. The molecule has 0 saturated heterocycles. The van der Waals surface area contributed by atoms with Gasteiger partial charge in [-0.3, -0.25) is 9.59 Å². The van der Waals surface area contributed by atoms with E-state index in [9.17, 15) is 9.59 Å². The van der Waals surface area contributed by atoms with E-state index in [1.54, 1.807) is 103 Å². The topological polar surface area (TPSA) is 208 Å². The summed E-state index contributed by atoms with van der Waals surface area (Å²) in [6.45, 7) is 6.23. The summed E-state index contributed by atoms with van der Waals surface area (Å²) in [6.07, 6.45) is 6.31. The number of ether oxygens (including phenoxy) is 5. The summed E-state index contributed by atoms with van der Waals surface area (Å²) in [4.78, 5) is 43.0. The summed E-state index contributed by atoms with van der Waals surface area (Å²) in [5, 5.41) is 6.34. The number of anilines is 4. The molecule has 60 heavy (non-hydrogen) atoms. The van der Waals surface area contributed by atoms with E-state index >= 15 is 0 Å². The van der Waals surface area contributed by atoms with Gasteiger partial charge in [-0.1, -0.05) is 26.0 Å². The molecule has 4 aromatic heterocycles. The fourth-order valence-electron chi connectivity index (χ4n) is 5.83. The molecule has 15 nitrogen and oxygen atoms in total. The Morgan fingerprint density at radius 1 is 0.550 bits per heavy atom. The highest BCUT2D eigenvalue weighted by Crippen LogP contribution is 2.34. The molecule has 0 bridgehead atoms. The molecule has 0 atom stereocenters. The second-order valence-corrected chi connectivity index (χ2v) is 13.7. The molecule has 0 aliphatic carbocycles. The van der Waals surface area contributed by atoms with Crippen LogP contribution >= 0.6 is 0 Å². The maximum absolute atomic E-state index is 13.0. The number of nitrogens with zero attached hydrogens (tertiary/aromatic N) is 4. The van der Waals surface area contributed by atoms with Crippen LogP contribution in [0.25, 0.3) is 22.3 Å². The standard InChI is InChI=1S/C23H26N4O3.C22H24N4O4/c1-14(2)11-25-21-8-6-16(12-26-21)22(28)18-9-17(13-27-23(18)24)15-5-7-19(29-3)20(10-15)30-4;1-28-9-8-24-20-7-5-15(12-25-20)21(27)17-10-16(13-26-22(17)23)14-4-6-18(29-2)19(11-14)30-3/h5-10,12-14H,11H2,1-4H3,(H2,24,27)(H,25,26);4-7,10-13H,8-9H2,1-3H3,(H2,23,26)(H,24,25). The molecule has 0 aliphatic rings. The monoisotopic (exact) mass is 814 g/mol. The third-order valence-corrected chi connectivity index (χ3v) is 9.12. The van der Waals surface area contributed by atoms with Gasteiger partial charge in [0.1, 0.15) is 23.3 Å². The number of rotatable bonds is 17. The van der Waals surface area contributed by atoms with E-state index in [-0.39, 0.29) is 23.2 Å². The van der Waals surface area contributed by atoms with Crippen LogP contribution in [0.5, 0.6) is 23.0 Å². The fraction of sp³-hybridized carbons (Fsp3) is 0.244. The maximum atomic E-state index is 13.0. The lowest BCUT2D eigenvalue weighted by atomic mass is 10.0. The van der Waals surface area contributed by atoms with Gasteiger partial charge in [0.2, 0.25) is 0 Å². The van der Waals surface area contributed by atoms with Gasteiger partial charge in [-0.2, -0.15) is 0 Å². The van der Waals surface area contributed by atoms with E-state index in [2.05, 4.69) is 44.4 Å². The number of methoxy groups -OCH3 is 5. The molecule has 2 aromatic carbocycles. The molecule has 0 aliphatic heterocycles. The van der Waals surface area contributed by atoms with Crippen molar-refractivity contribution in [1.82, 2.24) is 19.9 Å². The highest BCUT2D eigenvalue weighted by molar-refractivity contribution is 6.12. The molecule has 4 heterocycles. The van der Waals surface area contributed by atoms with Crippen LogP contribution in [-0.2, 0) is 4.74 Å². The van der Waals surface area contributed by atoms with Crippen molar-refractivity contribution < 1.29 is 33.3 Å². The molecule has 0 unspecified atom stereocenters. The lowest BCUT2D eigenvalue weighted by Gasteiger charge is -2.11. The van der Waals surface area contributed by atoms with Crippen molar-refractivity contribution in [3.8, 4) is 45.3 Å². The largest absolute Gasteiger partial charge is 0.493 e. The van der Waals surface area contributed by atoms with Crippen LogP contribution in [0.4, 0.5) is 23.3 Å². The van der Waals surface area contributed by atoms with Crippen LogP contribution in [0.1, 0.15) is 45.7 Å². The number of carbonyl (C=O) groups excluding carboxylic acids is 2. The molecule has 15 heteroatoms. The number of ketones is 2. The Kier molecular flexibility index (Phi) is 15.3. The average molecular weight is 815 g/mol. The summed E-state index contributed by atoms with van der Waals surface area (Å²) in [7, 11) is 7.93. The van der Waals surface area contributed by atoms with Gasteiger partial charge in [0.05, 0.1) is 46.2 Å². The maximum Gasteiger partial charge on any atom is 0.198 e. The number of nitrogens with one attached hydrogen (secondary N) is 2. The minimum atomic E-state index is -0.252. The van der Waals surface area contributed by atoms with Crippen LogP contribution < -0.4 is 41.0 Å². The van der Waals surface area contributed by atoms with Gasteiger partial charge < -0.3 is 45.8 Å². The van der Waals surface area contributed by atoms with E-state index in [0.717, 1.165) is 34.6 Å². The number of benzene rings is 2. The van der Waals surface area contributed by atoms with Gasteiger partial charge in [0.25, 0.3) is 0 Å². The van der Waals surface area contributed by atoms with E-state index in [0.29, 0.717) is 70.1 Å². The number of hydrogen-bond acceptors (Lipinski definition) is 15. The number of nitrogens with two attached hydrogens (primary N) is 2. The molecular formula is C45H50N8O7. The number of aromatic nitrogens is 4. The van der Waals surface area contributed by atoms with Crippen molar-refractivity contribution in [2.24, 2.45) is 5.92 Å². The predicted octanol–water partition coefficient (Wildman–Crippen LogP) is 7.07. The Morgan fingerprint density at radius 3 is 1.38 bits per heavy atom. The number of pyridine rings is 4. The number of hydrogen-bond donors (Lipinski definition) is 4. The minimum Gasteiger partial charge on any atom is -0.493 e. The summed E-state index contributed by atoms with van der Waals surface area (Å²) >= 11 is 0. The summed E-state index contributed by atoms with van der Waals surface area (Å²) in [5.74, 6) is 4.15.